The fourth-order valence-corrected chi connectivity index (χ4v) is 2.92. The van der Waals surface area contributed by atoms with Crippen molar-refractivity contribution in [2.75, 3.05) is 6.61 Å². The summed E-state index contributed by atoms with van der Waals surface area (Å²) in [5, 5.41) is 3.32. The first-order chi connectivity index (χ1) is 11.8. The van der Waals surface area contributed by atoms with Gasteiger partial charge >= 0.3 is 0 Å². The third-order valence-corrected chi connectivity index (χ3v) is 4.06. The van der Waals surface area contributed by atoms with Gasteiger partial charge in [-0.3, -0.25) is 4.79 Å². The van der Waals surface area contributed by atoms with Crippen LogP contribution in [0.15, 0.2) is 64.5 Å². The molecule has 0 aliphatic carbocycles. The molecule has 0 bridgehead atoms. The number of hydrogen-bond acceptors (Lipinski definition) is 4. The van der Waals surface area contributed by atoms with Crippen LogP contribution in [0.3, 0.4) is 0 Å². The minimum Gasteiger partial charge on any atom is -0.480 e. The highest BCUT2D eigenvalue weighted by molar-refractivity contribution is 8.18. The van der Waals surface area contributed by atoms with Crippen LogP contribution in [0.2, 0.25) is 0 Å². The van der Waals surface area contributed by atoms with Crippen LogP contribution in [0.1, 0.15) is 5.56 Å². The fourth-order valence-electron chi connectivity index (χ4n) is 2.09. The van der Waals surface area contributed by atoms with E-state index in [-0.39, 0.29) is 12.5 Å². The summed E-state index contributed by atoms with van der Waals surface area (Å²) in [7, 11) is 0. The molecular formula is C19H14N2O2S. The van der Waals surface area contributed by atoms with Crippen LogP contribution in [-0.4, -0.2) is 17.7 Å². The molecule has 1 amide bonds. The SMILES string of the molecule is C#CCOc1ccccc1/C=C1\SC(=Nc2ccccc2)NC1=O. The molecule has 0 unspecified atom stereocenters. The maximum absolute atomic E-state index is 12.2. The lowest BCUT2D eigenvalue weighted by Crippen LogP contribution is -2.19. The van der Waals surface area contributed by atoms with Gasteiger partial charge in [-0.25, -0.2) is 4.99 Å². The number of rotatable bonds is 4. The van der Waals surface area contributed by atoms with Crippen LogP contribution in [0.4, 0.5) is 5.69 Å². The summed E-state index contributed by atoms with van der Waals surface area (Å²) in [5.41, 5.74) is 1.59. The number of amides is 1. The van der Waals surface area contributed by atoms with E-state index in [0.717, 1.165) is 11.3 Å². The number of carbonyl (C=O) groups excluding carboxylic acids is 1. The number of amidine groups is 1. The Morgan fingerprint density at radius 2 is 1.92 bits per heavy atom. The normalized spacial score (nSPS) is 16.9. The van der Waals surface area contributed by atoms with Gasteiger partial charge in [0.25, 0.3) is 5.91 Å². The zero-order valence-electron chi connectivity index (χ0n) is 12.7. The lowest BCUT2D eigenvalue weighted by molar-refractivity contribution is -0.115. The number of thioether (sulfide) groups is 1. The van der Waals surface area contributed by atoms with Crippen molar-refractivity contribution < 1.29 is 9.53 Å². The van der Waals surface area contributed by atoms with Gasteiger partial charge in [0.1, 0.15) is 12.4 Å². The molecule has 1 saturated heterocycles. The molecule has 0 atom stereocenters. The maximum atomic E-state index is 12.2. The first-order valence-corrected chi connectivity index (χ1v) is 8.08. The minimum atomic E-state index is -0.179. The quantitative estimate of drug-likeness (QED) is 0.687. The highest BCUT2D eigenvalue weighted by Gasteiger charge is 2.24. The van der Waals surface area contributed by atoms with Crippen molar-refractivity contribution in [1.29, 1.82) is 0 Å². The molecule has 24 heavy (non-hydrogen) atoms. The summed E-state index contributed by atoms with van der Waals surface area (Å²) in [6.07, 6.45) is 7.01. The summed E-state index contributed by atoms with van der Waals surface area (Å²) < 4.78 is 5.50. The van der Waals surface area contributed by atoms with Gasteiger partial charge in [0.05, 0.1) is 10.6 Å². The van der Waals surface area contributed by atoms with Crippen molar-refractivity contribution in [2.45, 2.75) is 0 Å². The number of aliphatic imine (C=N–C) groups is 1. The summed E-state index contributed by atoms with van der Waals surface area (Å²) in [6.45, 7) is 0.181. The van der Waals surface area contributed by atoms with Gasteiger partial charge in [-0.2, -0.15) is 0 Å². The standard InChI is InChI=1S/C19H14N2O2S/c1-2-12-23-16-11-7-6-8-14(16)13-17-18(22)21-19(24-17)20-15-9-4-3-5-10-15/h1,3-11,13H,12H2,(H,20,21,22)/b17-13-. The van der Waals surface area contributed by atoms with E-state index in [1.807, 2.05) is 54.6 Å². The molecule has 1 fully saturated rings. The molecule has 1 aliphatic rings. The summed E-state index contributed by atoms with van der Waals surface area (Å²) in [6, 6.07) is 16.9. The molecule has 0 aromatic heterocycles. The predicted molar refractivity (Wildman–Crippen MR) is 98.0 cm³/mol. The molecular weight excluding hydrogens is 320 g/mol. The summed E-state index contributed by atoms with van der Waals surface area (Å²) in [4.78, 5) is 17.1. The largest absolute Gasteiger partial charge is 0.480 e. The van der Waals surface area contributed by atoms with Crippen LogP contribution < -0.4 is 10.1 Å². The molecule has 1 N–H and O–H groups in total. The molecule has 2 aromatic rings. The van der Waals surface area contributed by atoms with Gasteiger partial charge in [0.15, 0.2) is 5.17 Å². The molecule has 0 saturated carbocycles. The number of hydrogen-bond donors (Lipinski definition) is 1. The second-order valence-electron chi connectivity index (χ2n) is 4.85. The second kappa shape index (κ2) is 7.53. The number of nitrogens with one attached hydrogen (secondary N) is 1. The lowest BCUT2D eigenvalue weighted by Gasteiger charge is -2.06. The van der Waals surface area contributed by atoms with Crippen LogP contribution in [-0.2, 0) is 4.79 Å². The second-order valence-corrected chi connectivity index (χ2v) is 5.88. The first-order valence-electron chi connectivity index (χ1n) is 7.26. The van der Waals surface area contributed by atoms with Crippen LogP contribution in [0.5, 0.6) is 5.75 Å². The highest BCUT2D eigenvalue weighted by atomic mass is 32.2. The van der Waals surface area contributed by atoms with Crippen molar-refractivity contribution in [2.24, 2.45) is 4.99 Å². The minimum absolute atomic E-state index is 0.179. The third kappa shape index (κ3) is 3.86. The van der Waals surface area contributed by atoms with Gasteiger partial charge in [-0.1, -0.05) is 42.3 Å². The van der Waals surface area contributed by atoms with E-state index >= 15 is 0 Å². The van der Waals surface area contributed by atoms with E-state index in [9.17, 15) is 4.79 Å². The monoisotopic (exact) mass is 334 g/mol. The third-order valence-electron chi connectivity index (χ3n) is 3.15. The van der Waals surface area contributed by atoms with E-state index in [1.165, 1.54) is 11.8 Å². The predicted octanol–water partition coefficient (Wildman–Crippen LogP) is 3.59. The highest BCUT2D eigenvalue weighted by Crippen LogP contribution is 2.30. The number of ether oxygens (including phenoxy) is 1. The van der Waals surface area contributed by atoms with Crippen LogP contribution >= 0.6 is 11.8 Å². The Morgan fingerprint density at radius 1 is 1.17 bits per heavy atom. The van der Waals surface area contributed by atoms with Gasteiger partial charge < -0.3 is 10.1 Å². The van der Waals surface area contributed by atoms with Crippen LogP contribution in [0, 0.1) is 12.3 Å². The molecule has 0 spiro atoms. The molecule has 1 heterocycles. The zero-order chi connectivity index (χ0) is 16.8. The lowest BCUT2D eigenvalue weighted by atomic mass is 10.2. The Hall–Kier alpha value is -2.97. The van der Waals surface area contributed by atoms with Crippen molar-refractivity contribution in [3.05, 3.63) is 65.1 Å². The Kier molecular flexibility index (Phi) is 4.99. The zero-order valence-corrected chi connectivity index (χ0v) is 13.5. The van der Waals surface area contributed by atoms with Gasteiger partial charge in [-0.05, 0) is 36.0 Å². The van der Waals surface area contributed by atoms with Crippen molar-refractivity contribution in [3.63, 3.8) is 0 Å². The number of para-hydroxylation sites is 2. The Bertz CT molecular complexity index is 851. The van der Waals surface area contributed by atoms with E-state index in [0.29, 0.717) is 15.8 Å². The maximum Gasteiger partial charge on any atom is 0.264 e. The van der Waals surface area contributed by atoms with Crippen molar-refractivity contribution >= 4 is 34.6 Å². The smallest absolute Gasteiger partial charge is 0.264 e. The summed E-state index contributed by atoms with van der Waals surface area (Å²) >= 11 is 1.30. The molecule has 4 nitrogen and oxygen atoms in total. The van der Waals surface area contributed by atoms with Gasteiger partial charge in [-0.15, -0.1) is 6.42 Å². The Labute approximate surface area is 144 Å². The van der Waals surface area contributed by atoms with Gasteiger partial charge in [0.2, 0.25) is 0 Å². The Morgan fingerprint density at radius 3 is 2.71 bits per heavy atom. The molecule has 118 valence electrons. The number of carbonyl (C=O) groups is 1. The number of nitrogens with zero attached hydrogens (tertiary/aromatic N) is 1. The number of benzene rings is 2. The molecule has 1 aliphatic heterocycles. The van der Waals surface area contributed by atoms with Crippen molar-refractivity contribution in [1.82, 2.24) is 5.32 Å². The van der Waals surface area contributed by atoms with E-state index in [1.54, 1.807) is 6.08 Å². The molecule has 2 aromatic carbocycles. The van der Waals surface area contributed by atoms with E-state index < -0.39 is 0 Å². The van der Waals surface area contributed by atoms with E-state index in [2.05, 4.69) is 16.2 Å². The van der Waals surface area contributed by atoms with Crippen molar-refractivity contribution in [3.8, 4) is 18.1 Å². The topological polar surface area (TPSA) is 50.7 Å². The average molecular weight is 334 g/mol. The molecule has 3 rings (SSSR count). The van der Waals surface area contributed by atoms with Crippen LogP contribution in [0.25, 0.3) is 6.08 Å². The molecule has 5 heteroatoms. The number of terminal acetylenes is 1. The summed E-state index contributed by atoms with van der Waals surface area (Å²) in [5.74, 6) is 2.90. The fraction of sp³-hybridized carbons (Fsp3) is 0.0526. The van der Waals surface area contributed by atoms with E-state index in [4.69, 9.17) is 11.2 Å². The molecule has 0 radical (unpaired) electrons. The average Bonchev–Trinajstić information content (AvgIpc) is 2.94. The first kappa shape index (κ1) is 15.9. The van der Waals surface area contributed by atoms with Gasteiger partial charge in [0, 0.05) is 5.56 Å². The Balaban J connectivity index is 1.83.